The van der Waals surface area contributed by atoms with Crippen molar-refractivity contribution in [2.75, 3.05) is 6.61 Å². The molecule has 34 heavy (non-hydrogen) atoms. The minimum Gasteiger partial charge on any atom is -0.504 e. The summed E-state index contributed by atoms with van der Waals surface area (Å²) >= 11 is 0. The van der Waals surface area contributed by atoms with E-state index < -0.39 is 89.3 Å². The highest BCUT2D eigenvalue weighted by Crippen LogP contribution is 2.40. The fourth-order valence-electron chi connectivity index (χ4n) is 3.08. The highest BCUT2D eigenvalue weighted by atomic mass is 16.7. The van der Waals surface area contributed by atoms with Crippen LogP contribution in [0.25, 0.3) is 0 Å². The topological polar surface area (TPSA) is 244 Å². The zero-order valence-corrected chi connectivity index (χ0v) is 17.0. The van der Waals surface area contributed by atoms with Crippen LogP contribution in [0.15, 0.2) is 24.3 Å². The highest BCUT2D eigenvalue weighted by molar-refractivity contribution is 5.92. The lowest BCUT2D eigenvalue weighted by atomic mass is 9.99. The van der Waals surface area contributed by atoms with E-state index in [0.717, 1.165) is 24.3 Å². The fourth-order valence-corrected chi connectivity index (χ4v) is 3.08. The summed E-state index contributed by atoms with van der Waals surface area (Å²) in [4.78, 5) is 23.6. The Kier molecular flexibility index (Phi) is 6.88. The molecule has 0 bridgehead atoms. The van der Waals surface area contributed by atoms with E-state index >= 15 is 0 Å². The van der Waals surface area contributed by atoms with Crippen LogP contribution in [0, 0.1) is 0 Å². The van der Waals surface area contributed by atoms with Gasteiger partial charge in [-0.1, -0.05) is 0 Å². The molecule has 0 saturated carbocycles. The molecule has 5 atom stereocenters. The van der Waals surface area contributed by atoms with E-state index in [0.29, 0.717) is 0 Å². The first-order valence-corrected chi connectivity index (χ1v) is 9.49. The number of aromatic hydroxyl groups is 5. The second-order valence-corrected chi connectivity index (χ2v) is 7.21. The molecule has 0 aliphatic carbocycles. The van der Waals surface area contributed by atoms with Gasteiger partial charge >= 0.3 is 11.9 Å². The molecule has 9 N–H and O–H groups in total. The zero-order valence-electron chi connectivity index (χ0n) is 17.0. The number of esters is 1. The van der Waals surface area contributed by atoms with Crippen molar-refractivity contribution in [3.05, 3.63) is 35.4 Å². The lowest BCUT2D eigenvalue weighted by Crippen LogP contribution is -2.60. The molecule has 1 aliphatic heterocycles. The third-order valence-electron chi connectivity index (χ3n) is 4.93. The number of aliphatic hydroxyl groups excluding tert-OH is 3. The minimum atomic E-state index is -1.96. The van der Waals surface area contributed by atoms with Crippen LogP contribution in [0.1, 0.15) is 20.7 Å². The molecule has 2 aromatic rings. The Hall–Kier alpha value is -3.98. The summed E-state index contributed by atoms with van der Waals surface area (Å²) < 4.78 is 15.4. The lowest BCUT2D eigenvalue weighted by Gasteiger charge is -2.40. The van der Waals surface area contributed by atoms with Gasteiger partial charge in [-0.3, -0.25) is 0 Å². The predicted octanol–water partition coefficient (Wildman–Crippen LogP) is -1.04. The van der Waals surface area contributed by atoms with E-state index in [9.17, 15) is 55.5 Å². The van der Waals surface area contributed by atoms with E-state index in [-0.39, 0.29) is 5.56 Å². The number of benzene rings is 2. The van der Waals surface area contributed by atoms with Crippen LogP contribution in [0.3, 0.4) is 0 Å². The number of carbonyl (C=O) groups is 2. The molecule has 0 radical (unpaired) electrons. The van der Waals surface area contributed by atoms with E-state index in [1.54, 1.807) is 0 Å². The Labute approximate surface area is 189 Å². The molecule has 184 valence electrons. The SMILES string of the molecule is O=C(OCC1OC(Oc2c(C(=O)O)ccc(O)c2O)C(O)C(O)C1O)c1cc(O)c(O)c(O)c1. The largest absolute Gasteiger partial charge is 0.504 e. The standard InChI is InChI=1S/C20H20O14/c21-8-2-1-7(18(29)30)17(13(8)25)34-20-16(28)15(27)14(26)11(33-20)5-32-19(31)6-3-9(22)12(24)10(23)4-6/h1-4,11,14-16,20-28H,5H2,(H,29,30). The summed E-state index contributed by atoms with van der Waals surface area (Å²) in [7, 11) is 0. The smallest absolute Gasteiger partial charge is 0.339 e. The summed E-state index contributed by atoms with van der Waals surface area (Å²) in [6.45, 7) is -0.760. The van der Waals surface area contributed by atoms with Gasteiger partial charge in [0, 0.05) is 0 Å². The number of carboxylic acids is 1. The number of ether oxygens (including phenoxy) is 3. The van der Waals surface area contributed by atoms with Crippen LogP contribution in [0.2, 0.25) is 0 Å². The van der Waals surface area contributed by atoms with Crippen molar-refractivity contribution in [2.45, 2.75) is 30.7 Å². The third kappa shape index (κ3) is 4.69. The van der Waals surface area contributed by atoms with Crippen molar-refractivity contribution in [2.24, 2.45) is 0 Å². The maximum absolute atomic E-state index is 12.2. The van der Waals surface area contributed by atoms with Crippen LogP contribution in [-0.2, 0) is 9.47 Å². The van der Waals surface area contributed by atoms with E-state index in [1.807, 2.05) is 0 Å². The van der Waals surface area contributed by atoms with Crippen molar-refractivity contribution < 1.29 is 69.8 Å². The van der Waals surface area contributed by atoms with Crippen molar-refractivity contribution >= 4 is 11.9 Å². The van der Waals surface area contributed by atoms with Crippen molar-refractivity contribution in [1.29, 1.82) is 0 Å². The molecule has 1 saturated heterocycles. The first kappa shape index (κ1) is 24.7. The van der Waals surface area contributed by atoms with Gasteiger partial charge in [0.1, 0.15) is 36.6 Å². The van der Waals surface area contributed by atoms with Gasteiger partial charge in [0.2, 0.25) is 12.0 Å². The van der Waals surface area contributed by atoms with Gasteiger partial charge in [-0.05, 0) is 24.3 Å². The summed E-state index contributed by atoms with van der Waals surface area (Å²) in [5.41, 5.74) is -1.01. The number of carboxylic acid groups (broad SMARTS) is 1. The van der Waals surface area contributed by atoms with Crippen LogP contribution < -0.4 is 4.74 Å². The molecule has 2 aromatic carbocycles. The summed E-state index contributed by atoms with van der Waals surface area (Å²) in [6, 6.07) is 3.36. The second kappa shape index (κ2) is 9.48. The molecule has 1 heterocycles. The number of aromatic carboxylic acids is 1. The summed E-state index contributed by atoms with van der Waals surface area (Å²) in [5.74, 6) is -7.74. The molecule has 0 amide bonds. The zero-order chi connectivity index (χ0) is 25.3. The van der Waals surface area contributed by atoms with Gasteiger partial charge in [0.15, 0.2) is 28.7 Å². The number of hydrogen-bond donors (Lipinski definition) is 9. The monoisotopic (exact) mass is 484 g/mol. The van der Waals surface area contributed by atoms with Gasteiger partial charge in [-0.2, -0.15) is 0 Å². The molecule has 5 unspecified atom stereocenters. The number of rotatable bonds is 6. The maximum Gasteiger partial charge on any atom is 0.339 e. The number of phenolic OH excluding ortho intramolecular Hbond substituents is 5. The Balaban J connectivity index is 1.78. The normalized spacial score (nSPS) is 24.4. The van der Waals surface area contributed by atoms with Gasteiger partial charge in [0.05, 0.1) is 5.56 Å². The molecule has 0 aromatic heterocycles. The quantitative estimate of drug-likeness (QED) is 0.176. The fraction of sp³-hybridized carbons (Fsp3) is 0.300. The lowest BCUT2D eigenvalue weighted by molar-refractivity contribution is -0.277. The summed E-state index contributed by atoms with van der Waals surface area (Å²) in [5, 5.41) is 87.7. The van der Waals surface area contributed by atoms with Crippen molar-refractivity contribution in [1.82, 2.24) is 0 Å². The van der Waals surface area contributed by atoms with Gasteiger partial charge < -0.3 is 60.2 Å². The minimum absolute atomic E-state index is 0.387. The Morgan fingerprint density at radius 1 is 0.853 bits per heavy atom. The average molecular weight is 484 g/mol. The Morgan fingerprint density at radius 2 is 1.47 bits per heavy atom. The van der Waals surface area contributed by atoms with Crippen molar-refractivity contribution in [3.63, 3.8) is 0 Å². The molecule has 3 rings (SSSR count). The number of hydrogen-bond acceptors (Lipinski definition) is 13. The molecule has 14 heteroatoms. The first-order chi connectivity index (χ1) is 15.9. The Bertz CT molecular complexity index is 1080. The third-order valence-corrected chi connectivity index (χ3v) is 4.93. The van der Waals surface area contributed by atoms with Crippen LogP contribution in [0.5, 0.6) is 34.5 Å². The number of aliphatic hydroxyl groups is 3. The Morgan fingerprint density at radius 3 is 2.06 bits per heavy atom. The summed E-state index contributed by atoms with van der Waals surface area (Å²) in [6.07, 6.45) is -9.15. The molecule has 0 spiro atoms. The second-order valence-electron chi connectivity index (χ2n) is 7.21. The van der Waals surface area contributed by atoms with E-state index in [1.165, 1.54) is 0 Å². The van der Waals surface area contributed by atoms with Crippen molar-refractivity contribution in [3.8, 4) is 34.5 Å². The van der Waals surface area contributed by atoms with Crippen LogP contribution in [-0.4, -0.2) is 95.2 Å². The number of phenols is 5. The van der Waals surface area contributed by atoms with Gasteiger partial charge in [0.25, 0.3) is 0 Å². The average Bonchev–Trinajstić information content (AvgIpc) is 2.79. The van der Waals surface area contributed by atoms with E-state index in [2.05, 4.69) is 0 Å². The molecular weight excluding hydrogens is 464 g/mol. The molecule has 1 fully saturated rings. The number of carbonyl (C=O) groups excluding carboxylic acids is 1. The highest BCUT2D eigenvalue weighted by Gasteiger charge is 2.46. The van der Waals surface area contributed by atoms with Gasteiger partial charge in [-0.25, -0.2) is 9.59 Å². The van der Waals surface area contributed by atoms with Crippen LogP contribution >= 0.6 is 0 Å². The van der Waals surface area contributed by atoms with Crippen LogP contribution in [0.4, 0.5) is 0 Å². The molecule has 1 aliphatic rings. The molecular formula is C20H20O14. The predicted molar refractivity (Wildman–Crippen MR) is 106 cm³/mol. The maximum atomic E-state index is 12.2. The molecule has 14 nitrogen and oxygen atoms in total. The van der Waals surface area contributed by atoms with E-state index in [4.69, 9.17) is 14.2 Å². The first-order valence-electron chi connectivity index (χ1n) is 9.49. The van der Waals surface area contributed by atoms with Gasteiger partial charge in [-0.15, -0.1) is 0 Å².